The van der Waals surface area contributed by atoms with Gasteiger partial charge in [0.15, 0.2) is 0 Å². The lowest BCUT2D eigenvalue weighted by Crippen LogP contribution is -2.34. The number of nitrogens with zero attached hydrogens (tertiary/aromatic N) is 2. The minimum atomic E-state index is -0.737. The largest absolute Gasteiger partial charge is 0.437 e. The van der Waals surface area contributed by atoms with Crippen LogP contribution in [0.4, 0.5) is 4.39 Å². The molecule has 2 aromatic carbocycles. The van der Waals surface area contributed by atoms with Gasteiger partial charge in [0, 0.05) is 18.0 Å². The Hall–Kier alpha value is -3.22. The minimum Gasteiger partial charge on any atom is -0.388 e. The molecule has 1 atom stereocenters. The summed E-state index contributed by atoms with van der Waals surface area (Å²) in [7, 11) is 0. The van der Waals surface area contributed by atoms with Crippen LogP contribution in [0.2, 0.25) is 0 Å². The summed E-state index contributed by atoms with van der Waals surface area (Å²) < 4.78 is 19.0. The molecule has 0 fully saturated rings. The first-order valence-electron chi connectivity index (χ1n) is 8.72. The van der Waals surface area contributed by atoms with Gasteiger partial charge in [-0.15, -0.1) is 5.10 Å². The number of rotatable bonds is 7. The number of halogens is 1. The minimum absolute atomic E-state index is 0.0449. The summed E-state index contributed by atoms with van der Waals surface area (Å²) in [6, 6.07) is 15.3. The first kappa shape index (κ1) is 18.6. The molecule has 1 heterocycles. The summed E-state index contributed by atoms with van der Waals surface area (Å²) in [6.07, 6.45) is 0.878. The van der Waals surface area contributed by atoms with Crippen molar-refractivity contribution in [2.45, 2.75) is 25.8 Å². The van der Waals surface area contributed by atoms with Crippen LogP contribution in [0.3, 0.4) is 0 Å². The van der Waals surface area contributed by atoms with Gasteiger partial charge >= 0.3 is 5.76 Å². The summed E-state index contributed by atoms with van der Waals surface area (Å²) >= 11 is 0. The summed E-state index contributed by atoms with van der Waals surface area (Å²) in [5.74, 6) is -1.23. The van der Waals surface area contributed by atoms with E-state index in [1.165, 1.54) is 24.3 Å². The zero-order valence-corrected chi connectivity index (χ0v) is 14.9. The van der Waals surface area contributed by atoms with Gasteiger partial charge in [0.2, 0.25) is 11.8 Å². The highest BCUT2D eigenvalue weighted by atomic mass is 19.1. The predicted octanol–water partition coefficient (Wildman–Crippen LogP) is 2.95. The second-order valence-electron chi connectivity index (χ2n) is 6.16. The van der Waals surface area contributed by atoms with Gasteiger partial charge in [0.1, 0.15) is 12.4 Å². The van der Waals surface area contributed by atoms with Crippen molar-refractivity contribution in [3.63, 3.8) is 0 Å². The molecular weight excluding hydrogens is 349 g/mol. The van der Waals surface area contributed by atoms with Gasteiger partial charge < -0.3 is 9.73 Å². The van der Waals surface area contributed by atoms with E-state index in [1.54, 1.807) is 0 Å². The van der Waals surface area contributed by atoms with Gasteiger partial charge in [0.25, 0.3) is 0 Å². The highest BCUT2D eigenvalue weighted by Crippen LogP contribution is 2.18. The predicted molar refractivity (Wildman–Crippen MR) is 98.6 cm³/mol. The fourth-order valence-electron chi connectivity index (χ4n) is 2.77. The molecular formula is C20H20FN3O3. The van der Waals surface area contributed by atoms with Crippen LogP contribution >= 0.6 is 0 Å². The molecule has 0 bridgehead atoms. The van der Waals surface area contributed by atoms with Gasteiger partial charge in [-0.1, -0.05) is 37.3 Å². The van der Waals surface area contributed by atoms with Crippen LogP contribution in [0.15, 0.2) is 63.8 Å². The Morgan fingerprint density at radius 3 is 2.56 bits per heavy atom. The molecule has 0 saturated carbocycles. The maximum Gasteiger partial charge on any atom is 0.437 e. The molecule has 0 aliphatic rings. The lowest BCUT2D eigenvalue weighted by molar-refractivity contribution is -0.122. The molecule has 27 heavy (non-hydrogen) atoms. The standard InChI is InChI=1S/C20H20FN3O3/c1-2-14(15-6-4-3-5-7-15)12-22-18(25)13-24-20(26)27-19(23-24)16-8-10-17(21)11-9-16/h3-11,14H,2,12-13H2,1H3,(H,22,25). The van der Waals surface area contributed by atoms with Crippen LogP contribution in [0, 0.1) is 5.82 Å². The number of amides is 1. The lowest BCUT2D eigenvalue weighted by atomic mass is 9.96. The topological polar surface area (TPSA) is 77.1 Å². The molecule has 7 heteroatoms. The zero-order valence-electron chi connectivity index (χ0n) is 14.9. The van der Waals surface area contributed by atoms with Crippen molar-refractivity contribution >= 4 is 5.91 Å². The molecule has 3 aromatic rings. The highest BCUT2D eigenvalue weighted by Gasteiger charge is 2.15. The summed E-state index contributed by atoms with van der Waals surface area (Å²) in [6.45, 7) is 2.28. The van der Waals surface area contributed by atoms with Crippen LogP contribution in [-0.2, 0) is 11.3 Å². The van der Waals surface area contributed by atoms with E-state index in [2.05, 4.69) is 17.3 Å². The summed E-state index contributed by atoms with van der Waals surface area (Å²) in [5, 5.41) is 6.84. The zero-order chi connectivity index (χ0) is 19.2. The average Bonchev–Trinajstić information content (AvgIpc) is 3.04. The van der Waals surface area contributed by atoms with Crippen molar-refractivity contribution < 1.29 is 13.6 Å². The van der Waals surface area contributed by atoms with Crippen LogP contribution in [-0.4, -0.2) is 22.2 Å². The van der Waals surface area contributed by atoms with Crippen molar-refractivity contribution in [3.05, 3.63) is 76.5 Å². The smallest absolute Gasteiger partial charge is 0.388 e. The fraction of sp³-hybridized carbons (Fsp3) is 0.250. The number of hydrogen-bond acceptors (Lipinski definition) is 4. The van der Waals surface area contributed by atoms with Gasteiger partial charge in [-0.25, -0.2) is 9.18 Å². The Morgan fingerprint density at radius 2 is 1.89 bits per heavy atom. The van der Waals surface area contributed by atoms with Crippen molar-refractivity contribution in [1.29, 1.82) is 0 Å². The molecule has 1 aromatic heterocycles. The van der Waals surface area contributed by atoms with Crippen LogP contribution in [0.25, 0.3) is 11.5 Å². The van der Waals surface area contributed by atoms with E-state index in [4.69, 9.17) is 4.42 Å². The Balaban J connectivity index is 1.62. The molecule has 0 aliphatic carbocycles. The number of nitrogens with one attached hydrogen (secondary N) is 1. The number of aromatic nitrogens is 2. The van der Waals surface area contributed by atoms with E-state index in [0.29, 0.717) is 12.1 Å². The quantitative estimate of drug-likeness (QED) is 0.695. The molecule has 140 valence electrons. The third-order valence-corrected chi connectivity index (χ3v) is 4.30. The SMILES string of the molecule is CCC(CNC(=O)Cn1nc(-c2ccc(F)cc2)oc1=O)c1ccccc1. The van der Waals surface area contributed by atoms with E-state index in [9.17, 15) is 14.0 Å². The molecule has 6 nitrogen and oxygen atoms in total. The van der Waals surface area contributed by atoms with Gasteiger partial charge in [-0.05, 0) is 36.2 Å². The third kappa shape index (κ3) is 4.69. The number of carbonyl (C=O) groups excluding carboxylic acids is 1. The Labute approximate surface area is 155 Å². The Kier molecular flexibility index (Phi) is 5.80. The van der Waals surface area contributed by atoms with E-state index in [-0.39, 0.29) is 24.3 Å². The Bertz CT molecular complexity index is 949. The molecule has 0 spiro atoms. The van der Waals surface area contributed by atoms with Crippen molar-refractivity contribution in [2.75, 3.05) is 6.54 Å². The van der Waals surface area contributed by atoms with E-state index >= 15 is 0 Å². The van der Waals surface area contributed by atoms with Crippen molar-refractivity contribution in [3.8, 4) is 11.5 Å². The normalized spacial score (nSPS) is 11.9. The summed E-state index contributed by atoms with van der Waals surface area (Å²) in [4.78, 5) is 24.1. The first-order chi connectivity index (χ1) is 13.1. The maximum atomic E-state index is 13.0. The molecule has 1 amide bonds. The lowest BCUT2D eigenvalue weighted by Gasteiger charge is -2.16. The van der Waals surface area contributed by atoms with Crippen molar-refractivity contribution in [2.24, 2.45) is 0 Å². The van der Waals surface area contributed by atoms with Crippen LogP contribution in [0.5, 0.6) is 0 Å². The highest BCUT2D eigenvalue weighted by molar-refractivity contribution is 5.75. The van der Waals surface area contributed by atoms with Gasteiger partial charge in [0.05, 0.1) is 0 Å². The average molecular weight is 369 g/mol. The molecule has 0 aliphatic heterocycles. The molecule has 3 rings (SSSR count). The van der Waals surface area contributed by atoms with E-state index < -0.39 is 11.6 Å². The molecule has 1 unspecified atom stereocenters. The molecule has 1 N–H and O–H groups in total. The second kappa shape index (κ2) is 8.44. The monoisotopic (exact) mass is 369 g/mol. The number of hydrogen-bond donors (Lipinski definition) is 1. The van der Waals surface area contributed by atoms with Gasteiger partial charge in [-0.3, -0.25) is 4.79 Å². The van der Waals surface area contributed by atoms with Gasteiger partial charge in [-0.2, -0.15) is 4.68 Å². The molecule has 0 saturated heterocycles. The van der Waals surface area contributed by atoms with E-state index in [1.807, 2.05) is 30.3 Å². The maximum absolute atomic E-state index is 13.0. The Morgan fingerprint density at radius 1 is 1.19 bits per heavy atom. The van der Waals surface area contributed by atoms with E-state index in [0.717, 1.165) is 16.7 Å². The number of carbonyl (C=O) groups is 1. The third-order valence-electron chi connectivity index (χ3n) is 4.30. The second-order valence-corrected chi connectivity index (χ2v) is 6.16. The molecule has 0 radical (unpaired) electrons. The van der Waals surface area contributed by atoms with Crippen molar-refractivity contribution in [1.82, 2.24) is 15.1 Å². The summed E-state index contributed by atoms with van der Waals surface area (Å²) in [5.41, 5.74) is 1.61. The fourth-order valence-corrected chi connectivity index (χ4v) is 2.77. The first-order valence-corrected chi connectivity index (χ1v) is 8.72. The van der Waals surface area contributed by atoms with Crippen LogP contribution < -0.4 is 11.1 Å². The number of benzene rings is 2. The van der Waals surface area contributed by atoms with Crippen LogP contribution in [0.1, 0.15) is 24.8 Å².